The van der Waals surface area contributed by atoms with E-state index in [1.165, 1.54) is 0 Å². The standard InChI is InChI=1S/C15H24N4O4S/c1-10-17-13-7-8-22-14(13)15(18-10)19-12-5-3-11(4-6-12)16-9-23-24(2,20)21/h11-12,16H,3-9H2,1-2H3,(H,17,18,19). The molecule has 1 aromatic rings. The molecular formula is C15H24N4O4S. The van der Waals surface area contributed by atoms with Crippen molar-refractivity contribution in [3.63, 3.8) is 0 Å². The summed E-state index contributed by atoms with van der Waals surface area (Å²) in [6.07, 6.45) is 5.77. The van der Waals surface area contributed by atoms with Gasteiger partial charge in [-0.15, -0.1) is 0 Å². The van der Waals surface area contributed by atoms with E-state index in [1.54, 1.807) is 0 Å². The Labute approximate surface area is 142 Å². The molecule has 0 unspecified atom stereocenters. The molecule has 2 N–H and O–H groups in total. The molecule has 1 aliphatic heterocycles. The minimum atomic E-state index is -3.39. The number of fused-ring (bicyclic) bond motifs is 1. The number of nitrogens with one attached hydrogen (secondary N) is 2. The number of hydrogen-bond donors (Lipinski definition) is 2. The SMILES string of the molecule is Cc1nc2c(c(NC3CCC(NCOS(C)(=O)=O)CC3)n1)OCC2. The summed E-state index contributed by atoms with van der Waals surface area (Å²) in [6, 6.07) is 0.611. The van der Waals surface area contributed by atoms with Crippen molar-refractivity contribution in [1.29, 1.82) is 0 Å². The second kappa shape index (κ2) is 7.20. The van der Waals surface area contributed by atoms with Crippen LogP contribution in [0.2, 0.25) is 0 Å². The maximum atomic E-state index is 11.0. The zero-order valence-corrected chi connectivity index (χ0v) is 14.9. The van der Waals surface area contributed by atoms with Crippen LogP contribution < -0.4 is 15.4 Å². The molecule has 2 aliphatic rings. The summed E-state index contributed by atoms with van der Waals surface area (Å²) in [5, 5.41) is 6.63. The fourth-order valence-corrected chi connectivity index (χ4v) is 3.47. The minimum absolute atomic E-state index is 0.0358. The third-order valence-corrected chi connectivity index (χ3v) is 4.89. The summed E-state index contributed by atoms with van der Waals surface area (Å²) < 4.78 is 32.3. The molecule has 0 aromatic carbocycles. The van der Waals surface area contributed by atoms with E-state index >= 15 is 0 Å². The fraction of sp³-hybridized carbons (Fsp3) is 0.733. The van der Waals surface area contributed by atoms with Crippen LogP contribution in [0.1, 0.15) is 37.2 Å². The van der Waals surface area contributed by atoms with E-state index in [4.69, 9.17) is 8.92 Å². The van der Waals surface area contributed by atoms with Gasteiger partial charge < -0.3 is 10.1 Å². The van der Waals surface area contributed by atoms with Crippen molar-refractivity contribution >= 4 is 15.9 Å². The summed E-state index contributed by atoms with van der Waals surface area (Å²) in [6.45, 7) is 2.60. The fourth-order valence-electron chi connectivity index (χ4n) is 3.18. The largest absolute Gasteiger partial charge is 0.487 e. The van der Waals surface area contributed by atoms with Gasteiger partial charge in [0, 0.05) is 18.5 Å². The van der Waals surface area contributed by atoms with E-state index in [-0.39, 0.29) is 12.8 Å². The van der Waals surface area contributed by atoms with E-state index < -0.39 is 10.1 Å². The summed E-state index contributed by atoms with van der Waals surface area (Å²) in [5.41, 5.74) is 0.985. The van der Waals surface area contributed by atoms with Crippen molar-refractivity contribution in [3.05, 3.63) is 11.5 Å². The Balaban J connectivity index is 1.50. The van der Waals surface area contributed by atoms with Gasteiger partial charge in [0.25, 0.3) is 10.1 Å². The zero-order chi connectivity index (χ0) is 17.2. The maximum Gasteiger partial charge on any atom is 0.265 e. The molecule has 1 saturated carbocycles. The lowest BCUT2D eigenvalue weighted by Gasteiger charge is -2.30. The molecule has 3 rings (SSSR count). The van der Waals surface area contributed by atoms with Gasteiger partial charge in [-0.25, -0.2) is 9.97 Å². The van der Waals surface area contributed by atoms with Crippen molar-refractivity contribution in [2.45, 2.75) is 51.1 Å². The van der Waals surface area contributed by atoms with Gasteiger partial charge in [0.05, 0.1) is 18.6 Å². The van der Waals surface area contributed by atoms with E-state index in [9.17, 15) is 8.42 Å². The average Bonchev–Trinajstić information content (AvgIpc) is 2.96. The number of rotatable bonds is 6. The maximum absolute atomic E-state index is 11.0. The highest BCUT2D eigenvalue weighted by Crippen LogP contribution is 2.33. The van der Waals surface area contributed by atoms with Crippen LogP contribution in [0.15, 0.2) is 0 Å². The Morgan fingerprint density at radius 2 is 1.92 bits per heavy atom. The van der Waals surface area contributed by atoms with Gasteiger partial charge in [0.1, 0.15) is 12.6 Å². The molecule has 0 amide bonds. The van der Waals surface area contributed by atoms with Crippen LogP contribution in [-0.4, -0.2) is 50.1 Å². The van der Waals surface area contributed by atoms with Crippen LogP contribution in [0.25, 0.3) is 0 Å². The predicted molar refractivity (Wildman–Crippen MR) is 89.6 cm³/mol. The van der Waals surface area contributed by atoms with Crippen molar-refractivity contribution in [2.75, 3.05) is 24.9 Å². The molecule has 1 aliphatic carbocycles. The molecule has 134 valence electrons. The van der Waals surface area contributed by atoms with Gasteiger partial charge in [-0.3, -0.25) is 9.50 Å². The van der Waals surface area contributed by atoms with E-state index in [1.807, 2.05) is 6.92 Å². The molecule has 0 saturated heterocycles. The molecule has 1 fully saturated rings. The molecule has 0 atom stereocenters. The summed E-state index contributed by atoms with van der Waals surface area (Å²) in [7, 11) is -3.39. The summed E-state index contributed by atoms with van der Waals surface area (Å²) in [5.74, 6) is 2.35. The topological polar surface area (TPSA) is 102 Å². The van der Waals surface area contributed by atoms with Crippen molar-refractivity contribution < 1.29 is 17.3 Å². The smallest absolute Gasteiger partial charge is 0.265 e. The summed E-state index contributed by atoms with van der Waals surface area (Å²) >= 11 is 0. The van der Waals surface area contributed by atoms with Gasteiger partial charge in [0.15, 0.2) is 11.6 Å². The first-order valence-corrected chi connectivity index (χ1v) is 10.1. The Kier molecular flexibility index (Phi) is 5.21. The van der Waals surface area contributed by atoms with Crippen LogP contribution in [0, 0.1) is 6.92 Å². The van der Waals surface area contributed by atoms with Crippen molar-refractivity contribution in [1.82, 2.24) is 15.3 Å². The highest BCUT2D eigenvalue weighted by atomic mass is 32.2. The first-order valence-electron chi connectivity index (χ1n) is 8.25. The molecule has 0 bridgehead atoms. The lowest BCUT2D eigenvalue weighted by molar-refractivity contribution is 0.243. The molecule has 0 spiro atoms. The van der Waals surface area contributed by atoms with Gasteiger partial charge in [-0.05, 0) is 32.6 Å². The van der Waals surface area contributed by atoms with Gasteiger partial charge in [0.2, 0.25) is 0 Å². The molecule has 1 aromatic heterocycles. The quantitative estimate of drug-likeness (QED) is 0.574. The van der Waals surface area contributed by atoms with Crippen LogP contribution >= 0.6 is 0 Å². The Hall–Kier alpha value is -1.45. The Morgan fingerprint density at radius 1 is 1.21 bits per heavy atom. The van der Waals surface area contributed by atoms with Crippen LogP contribution in [0.5, 0.6) is 5.75 Å². The number of nitrogens with zero attached hydrogens (tertiary/aromatic N) is 2. The number of aryl methyl sites for hydroxylation is 1. The monoisotopic (exact) mass is 356 g/mol. The normalized spacial score (nSPS) is 23.6. The van der Waals surface area contributed by atoms with Gasteiger partial charge in [-0.1, -0.05) is 0 Å². The highest BCUT2D eigenvalue weighted by molar-refractivity contribution is 7.85. The van der Waals surface area contributed by atoms with Crippen LogP contribution in [0.4, 0.5) is 5.82 Å². The Morgan fingerprint density at radius 3 is 2.62 bits per heavy atom. The van der Waals surface area contributed by atoms with E-state index in [0.717, 1.165) is 61.4 Å². The average molecular weight is 356 g/mol. The first kappa shape index (κ1) is 17.4. The molecule has 9 heteroatoms. The number of ether oxygens (including phenoxy) is 1. The summed E-state index contributed by atoms with van der Waals surface area (Å²) in [4.78, 5) is 8.91. The lowest BCUT2D eigenvalue weighted by Crippen LogP contribution is -2.38. The van der Waals surface area contributed by atoms with Gasteiger partial charge in [-0.2, -0.15) is 8.42 Å². The highest BCUT2D eigenvalue weighted by Gasteiger charge is 2.25. The first-order chi connectivity index (χ1) is 11.4. The minimum Gasteiger partial charge on any atom is -0.487 e. The lowest BCUT2D eigenvalue weighted by atomic mass is 9.91. The van der Waals surface area contributed by atoms with E-state index in [2.05, 4.69) is 20.6 Å². The number of hydrogen-bond acceptors (Lipinski definition) is 8. The number of aromatic nitrogens is 2. The van der Waals surface area contributed by atoms with Crippen LogP contribution in [0.3, 0.4) is 0 Å². The molecule has 2 heterocycles. The third kappa shape index (κ3) is 4.55. The van der Waals surface area contributed by atoms with Crippen LogP contribution in [-0.2, 0) is 20.7 Å². The van der Waals surface area contributed by atoms with Gasteiger partial charge >= 0.3 is 0 Å². The molecular weight excluding hydrogens is 332 g/mol. The predicted octanol–water partition coefficient (Wildman–Crippen LogP) is 0.966. The Bertz CT molecular complexity index is 687. The molecule has 8 nitrogen and oxygen atoms in total. The van der Waals surface area contributed by atoms with Crippen molar-refractivity contribution in [2.24, 2.45) is 0 Å². The third-order valence-electron chi connectivity index (χ3n) is 4.35. The van der Waals surface area contributed by atoms with E-state index in [0.29, 0.717) is 12.6 Å². The van der Waals surface area contributed by atoms with Crippen molar-refractivity contribution in [3.8, 4) is 5.75 Å². The molecule has 0 radical (unpaired) electrons. The number of anilines is 1. The second-order valence-electron chi connectivity index (χ2n) is 6.36. The second-order valence-corrected chi connectivity index (χ2v) is 8.00. The zero-order valence-electron chi connectivity index (χ0n) is 14.0. The molecule has 24 heavy (non-hydrogen) atoms.